The summed E-state index contributed by atoms with van der Waals surface area (Å²) in [4.78, 5) is 0. The first-order chi connectivity index (χ1) is 8.93. The van der Waals surface area contributed by atoms with E-state index in [0.29, 0.717) is 0 Å². The van der Waals surface area contributed by atoms with Crippen LogP contribution in [0.5, 0.6) is 0 Å². The van der Waals surface area contributed by atoms with Gasteiger partial charge in [-0.05, 0) is 51.0 Å². The second kappa shape index (κ2) is 6.38. The van der Waals surface area contributed by atoms with Crippen LogP contribution in [0.1, 0.15) is 70.6 Å². The highest BCUT2D eigenvalue weighted by Gasteiger charge is 2.35. The molecule has 104 valence electrons. The molecule has 3 atom stereocenters. The molecule has 0 spiro atoms. The lowest BCUT2D eigenvalue weighted by Crippen LogP contribution is -2.49. The van der Waals surface area contributed by atoms with Crippen molar-refractivity contribution in [2.24, 2.45) is 5.92 Å². The van der Waals surface area contributed by atoms with Crippen LogP contribution in [-0.4, -0.2) is 24.7 Å². The summed E-state index contributed by atoms with van der Waals surface area (Å²) in [7, 11) is 0. The largest absolute Gasteiger partial charge is 0.314 e. The van der Waals surface area contributed by atoms with E-state index in [1.165, 1.54) is 77.2 Å². The summed E-state index contributed by atoms with van der Waals surface area (Å²) in [5.74, 6) is 0.923. The molecule has 0 radical (unpaired) electrons. The Hall–Kier alpha value is -0.0800. The van der Waals surface area contributed by atoms with Gasteiger partial charge in [0, 0.05) is 18.1 Å². The van der Waals surface area contributed by atoms with E-state index in [9.17, 15) is 0 Å². The first-order valence-corrected chi connectivity index (χ1v) is 8.43. The second-order valence-electron chi connectivity index (χ2n) is 6.76. The maximum absolute atomic E-state index is 4.03. The number of hydrogen-bond acceptors (Lipinski definition) is 2. The zero-order valence-electron chi connectivity index (χ0n) is 11.8. The topological polar surface area (TPSA) is 24.1 Å². The van der Waals surface area contributed by atoms with Gasteiger partial charge in [-0.2, -0.15) is 0 Å². The number of rotatable bonds is 3. The summed E-state index contributed by atoms with van der Waals surface area (Å²) in [6, 6.07) is 2.49. The summed E-state index contributed by atoms with van der Waals surface area (Å²) < 4.78 is 0. The molecule has 0 amide bonds. The van der Waals surface area contributed by atoms with Gasteiger partial charge in [0.15, 0.2) is 0 Å². The summed E-state index contributed by atoms with van der Waals surface area (Å²) >= 11 is 0. The van der Waals surface area contributed by atoms with E-state index in [0.717, 1.165) is 24.0 Å². The van der Waals surface area contributed by atoms with E-state index in [-0.39, 0.29) is 0 Å². The van der Waals surface area contributed by atoms with Crippen molar-refractivity contribution < 1.29 is 0 Å². The fourth-order valence-electron chi connectivity index (χ4n) is 4.49. The maximum Gasteiger partial charge on any atom is 0.0113 e. The third-order valence-corrected chi connectivity index (χ3v) is 5.49. The Balaban J connectivity index is 1.53. The average Bonchev–Trinajstić information content (AvgIpc) is 2.89. The van der Waals surface area contributed by atoms with E-state index < -0.39 is 0 Å². The maximum atomic E-state index is 4.03. The zero-order valence-corrected chi connectivity index (χ0v) is 11.8. The van der Waals surface area contributed by atoms with Crippen LogP contribution in [-0.2, 0) is 0 Å². The van der Waals surface area contributed by atoms with Crippen molar-refractivity contribution in [2.45, 2.75) is 88.8 Å². The highest BCUT2D eigenvalue weighted by atomic mass is 15.0. The van der Waals surface area contributed by atoms with Crippen molar-refractivity contribution in [3.05, 3.63) is 0 Å². The molecule has 2 heteroatoms. The predicted octanol–water partition coefficient (Wildman–Crippen LogP) is 3.22. The molecule has 0 aromatic carbocycles. The Morgan fingerprint density at radius 2 is 1.56 bits per heavy atom. The molecule has 3 aliphatic rings. The summed E-state index contributed by atoms with van der Waals surface area (Å²) in [5.41, 5.74) is 0. The first-order valence-electron chi connectivity index (χ1n) is 8.43. The second-order valence-corrected chi connectivity index (χ2v) is 6.76. The molecule has 2 saturated carbocycles. The van der Waals surface area contributed by atoms with Crippen LogP contribution < -0.4 is 10.6 Å². The van der Waals surface area contributed by atoms with Crippen molar-refractivity contribution in [3.8, 4) is 0 Å². The van der Waals surface area contributed by atoms with Gasteiger partial charge in [-0.3, -0.25) is 0 Å². The van der Waals surface area contributed by atoms with Crippen LogP contribution in [0.3, 0.4) is 0 Å². The van der Waals surface area contributed by atoms with E-state index in [2.05, 4.69) is 10.6 Å². The fourth-order valence-corrected chi connectivity index (χ4v) is 4.49. The van der Waals surface area contributed by atoms with Gasteiger partial charge in [-0.1, -0.05) is 32.1 Å². The van der Waals surface area contributed by atoms with Crippen LogP contribution in [0.4, 0.5) is 0 Å². The molecule has 1 heterocycles. The van der Waals surface area contributed by atoms with Crippen LogP contribution in [0.25, 0.3) is 0 Å². The van der Waals surface area contributed by atoms with Gasteiger partial charge in [-0.25, -0.2) is 0 Å². The van der Waals surface area contributed by atoms with Crippen LogP contribution in [0.15, 0.2) is 0 Å². The number of hydrogen-bond donors (Lipinski definition) is 2. The van der Waals surface area contributed by atoms with Gasteiger partial charge in [0.1, 0.15) is 0 Å². The normalized spacial score (nSPS) is 39.0. The van der Waals surface area contributed by atoms with Gasteiger partial charge in [-0.15, -0.1) is 0 Å². The Morgan fingerprint density at radius 1 is 0.722 bits per heavy atom. The Kier molecular flexibility index (Phi) is 4.58. The van der Waals surface area contributed by atoms with Crippen molar-refractivity contribution >= 4 is 0 Å². The van der Waals surface area contributed by atoms with Crippen molar-refractivity contribution in [3.63, 3.8) is 0 Å². The molecular formula is C16H30N2. The lowest BCUT2D eigenvalue weighted by Gasteiger charge is -2.35. The Bertz CT molecular complexity index is 241. The lowest BCUT2D eigenvalue weighted by molar-refractivity contribution is 0.232. The molecule has 2 nitrogen and oxygen atoms in total. The SMILES string of the molecule is C1CCC(NC2CCCC2C2CCCCN2)CC1. The minimum Gasteiger partial charge on any atom is -0.314 e. The molecule has 2 aliphatic carbocycles. The van der Waals surface area contributed by atoms with Crippen molar-refractivity contribution in [1.82, 2.24) is 10.6 Å². The summed E-state index contributed by atoms with van der Waals surface area (Å²) in [6.45, 7) is 1.26. The molecule has 0 bridgehead atoms. The average molecular weight is 250 g/mol. The molecule has 0 aromatic heterocycles. The quantitative estimate of drug-likeness (QED) is 0.803. The minimum absolute atomic E-state index is 0.822. The Labute approximate surface area is 112 Å². The first kappa shape index (κ1) is 12.9. The van der Waals surface area contributed by atoms with Gasteiger partial charge in [0.2, 0.25) is 0 Å². The predicted molar refractivity (Wildman–Crippen MR) is 76.8 cm³/mol. The van der Waals surface area contributed by atoms with Crippen LogP contribution in [0, 0.1) is 5.92 Å². The molecule has 0 aromatic rings. The Morgan fingerprint density at radius 3 is 2.33 bits per heavy atom. The van der Waals surface area contributed by atoms with Gasteiger partial charge < -0.3 is 10.6 Å². The number of nitrogens with one attached hydrogen (secondary N) is 2. The van der Waals surface area contributed by atoms with Gasteiger partial charge >= 0.3 is 0 Å². The molecular weight excluding hydrogens is 220 g/mol. The molecule has 3 rings (SSSR count). The standard InChI is InChI=1S/C16H30N2/c1-2-7-13(8-3-1)18-16-11-6-9-14(16)15-10-4-5-12-17-15/h13-18H,1-12H2. The summed E-state index contributed by atoms with van der Waals surface area (Å²) in [6.07, 6.45) is 15.9. The highest BCUT2D eigenvalue weighted by Crippen LogP contribution is 2.33. The number of piperidine rings is 1. The minimum atomic E-state index is 0.822. The molecule has 2 N–H and O–H groups in total. The van der Waals surface area contributed by atoms with Gasteiger partial charge in [0.25, 0.3) is 0 Å². The van der Waals surface area contributed by atoms with Crippen molar-refractivity contribution in [2.75, 3.05) is 6.54 Å². The van der Waals surface area contributed by atoms with Crippen LogP contribution in [0.2, 0.25) is 0 Å². The van der Waals surface area contributed by atoms with E-state index >= 15 is 0 Å². The lowest BCUT2D eigenvalue weighted by atomic mass is 9.87. The van der Waals surface area contributed by atoms with E-state index in [4.69, 9.17) is 0 Å². The molecule has 1 aliphatic heterocycles. The fraction of sp³-hybridized carbons (Fsp3) is 1.00. The smallest absolute Gasteiger partial charge is 0.0113 e. The molecule has 18 heavy (non-hydrogen) atoms. The molecule has 1 saturated heterocycles. The highest BCUT2D eigenvalue weighted by molar-refractivity contribution is 4.93. The van der Waals surface area contributed by atoms with Crippen LogP contribution >= 0.6 is 0 Å². The third-order valence-electron chi connectivity index (χ3n) is 5.49. The van der Waals surface area contributed by atoms with E-state index in [1.807, 2.05) is 0 Å². The molecule has 3 fully saturated rings. The zero-order chi connectivity index (χ0) is 12.2. The van der Waals surface area contributed by atoms with E-state index in [1.54, 1.807) is 0 Å². The van der Waals surface area contributed by atoms with Gasteiger partial charge in [0.05, 0.1) is 0 Å². The molecule has 3 unspecified atom stereocenters. The van der Waals surface area contributed by atoms with Crippen molar-refractivity contribution in [1.29, 1.82) is 0 Å². The summed E-state index contributed by atoms with van der Waals surface area (Å²) in [5, 5.41) is 7.81. The third kappa shape index (κ3) is 3.08. The monoisotopic (exact) mass is 250 g/mol.